The number of hydrogen-bond donors (Lipinski definition) is 1. The van der Waals surface area contributed by atoms with Crippen molar-refractivity contribution in [2.75, 3.05) is 5.75 Å². The molecular weight excluding hydrogens is 286 g/mol. The highest BCUT2D eigenvalue weighted by Crippen LogP contribution is 2.21. The molecule has 2 aromatic rings. The molecule has 1 fully saturated rings. The third-order valence-corrected chi connectivity index (χ3v) is 5.33. The fraction of sp³-hybridized carbons (Fsp3) is 0.312. The van der Waals surface area contributed by atoms with E-state index in [1.165, 1.54) is 0 Å². The minimum Gasteiger partial charge on any atom is -0.353 e. The quantitative estimate of drug-likeness (QED) is 0.921. The molecule has 1 N–H and O–H groups in total. The van der Waals surface area contributed by atoms with E-state index in [0.29, 0.717) is 0 Å². The van der Waals surface area contributed by atoms with Crippen LogP contribution in [0.4, 0.5) is 0 Å². The summed E-state index contributed by atoms with van der Waals surface area (Å²) in [6, 6.07) is 13.0. The van der Waals surface area contributed by atoms with E-state index < -0.39 is 9.84 Å². The highest BCUT2D eigenvalue weighted by atomic mass is 32.2. The lowest BCUT2D eigenvalue weighted by Gasteiger charge is -2.06. The van der Waals surface area contributed by atoms with E-state index in [-0.39, 0.29) is 29.0 Å². The van der Waals surface area contributed by atoms with E-state index in [1.54, 1.807) is 18.2 Å². The first-order valence-electron chi connectivity index (χ1n) is 7.05. The van der Waals surface area contributed by atoms with Gasteiger partial charge in [-0.05, 0) is 35.7 Å². The van der Waals surface area contributed by atoms with Crippen molar-refractivity contribution in [3.05, 3.63) is 42.5 Å². The molecule has 1 saturated carbocycles. The van der Waals surface area contributed by atoms with Gasteiger partial charge in [0.25, 0.3) is 0 Å². The molecule has 0 aliphatic heterocycles. The number of hydrogen-bond acceptors (Lipinski definition) is 3. The fourth-order valence-electron chi connectivity index (χ4n) is 2.23. The fourth-order valence-corrected chi connectivity index (χ4v) is 3.51. The summed E-state index contributed by atoms with van der Waals surface area (Å²) in [5.41, 5.74) is 0. The molecule has 110 valence electrons. The molecule has 3 rings (SSSR count). The summed E-state index contributed by atoms with van der Waals surface area (Å²) in [4.78, 5) is 11.9. The lowest BCUT2D eigenvalue weighted by Crippen LogP contribution is -2.27. The monoisotopic (exact) mass is 303 g/mol. The van der Waals surface area contributed by atoms with Crippen LogP contribution in [0.2, 0.25) is 0 Å². The smallest absolute Gasteiger partial charge is 0.221 e. The summed E-state index contributed by atoms with van der Waals surface area (Å²) in [6.07, 6.45) is 2.03. The number of fused-ring (bicyclic) bond motifs is 1. The van der Waals surface area contributed by atoms with Crippen molar-refractivity contribution in [1.29, 1.82) is 0 Å². The van der Waals surface area contributed by atoms with E-state index in [4.69, 9.17) is 0 Å². The molecule has 0 bridgehead atoms. The second-order valence-electron chi connectivity index (χ2n) is 5.42. The van der Waals surface area contributed by atoms with Gasteiger partial charge < -0.3 is 5.32 Å². The normalized spacial score (nSPS) is 15.0. The number of carbonyl (C=O) groups excluding carboxylic acids is 1. The molecule has 0 unspecified atom stereocenters. The zero-order chi connectivity index (χ0) is 14.9. The Hall–Kier alpha value is -1.88. The zero-order valence-electron chi connectivity index (χ0n) is 11.6. The van der Waals surface area contributed by atoms with Crippen LogP contribution in [0.3, 0.4) is 0 Å². The molecule has 0 aromatic heterocycles. The van der Waals surface area contributed by atoms with Gasteiger partial charge >= 0.3 is 0 Å². The summed E-state index contributed by atoms with van der Waals surface area (Å²) >= 11 is 0. The van der Waals surface area contributed by atoms with Crippen molar-refractivity contribution in [1.82, 2.24) is 5.32 Å². The van der Waals surface area contributed by atoms with E-state index in [2.05, 4.69) is 5.32 Å². The lowest BCUT2D eigenvalue weighted by molar-refractivity contribution is -0.120. The van der Waals surface area contributed by atoms with Gasteiger partial charge in [-0.2, -0.15) is 0 Å². The standard InChI is InChI=1S/C16H17NO3S/c18-16(17-14-6-7-14)9-10-21(19,20)15-8-5-12-3-1-2-4-13(12)11-15/h1-5,8,11,14H,6-7,9-10H2,(H,17,18). The molecule has 1 amide bonds. The second kappa shape index (κ2) is 5.48. The van der Waals surface area contributed by atoms with Gasteiger partial charge in [-0.25, -0.2) is 8.42 Å². The molecule has 0 atom stereocenters. The highest BCUT2D eigenvalue weighted by Gasteiger charge is 2.24. The van der Waals surface area contributed by atoms with Crippen molar-refractivity contribution in [2.24, 2.45) is 0 Å². The van der Waals surface area contributed by atoms with Crippen LogP contribution in [-0.4, -0.2) is 26.1 Å². The van der Waals surface area contributed by atoms with Crippen LogP contribution in [0.25, 0.3) is 10.8 Å². The predicted octanol–water partition coefficient (Wildman–Crippen LogP) is 2.28. The minimum atomic E-state index is -3.42. The first kappa shape index (κ1) is 14.1. The van der Waals surface area contributed by atoms with Crippen molar-refractivity contribution in [3.8, 4) is 0 Å². The maximum atomic E-state index is 12.3. The van der Waals surface area contributed by atoms with Crippen molar-refractivity contribution in [2.45, 2.75) is 30.2 Å². The Morgan fingerprint density at radius 3 is 2.52 bits per heavy atom. The molecule has 0 saturated heterocycles. The number of benzene rings is 2. The second-order valence-corrected chi connectivity index (χ2v) is 7.53. The van der Waals surface area contributed by atoms with Crippen LogP contribution in [0.15, 0.2) is 47.4 Å². The van der Waals surface area contributed by atoms with Gasteiger partial charge in [-0.1, -0.05) is 30.3 Å². The number of amides is 1. The first-order valence-corrected chi connectivity index (χ1v) is 8.71. The molecule has 1 aliphatic carbocycles. The average molecular weight is 303 g/mol. The van der Waals surface area contributed by atoms with E-state index in [0.717, 1.165) is 23.6 Å². The van der Waals surface area contributed by atoms with Gasteiger partial charge in [0.2, 0.25) is 5.91 Å². The van der Waals surface area contributed by atoms with Crippen molar-refractivity contribution >= 4 is 26.5 Å². The number of nitrogens with one attached hydrogen (secondary N) is 1. The summed E-state index contributed by atoms with van der Waals surface area (Å²) in [6.45, 7) is 0. The third-order valence-electron chi connectivity index (χ3n) is 3.62. The summed E-state index contributed by atoms with van der Waals surface area (Å²) in [7, 11) is -3.42. The maximum Gasteiger partial charge on any atom is 0.221 e. The van der Waals surface area contributed by atoms with Crippen LogP contribution in [-0.2, 0) is 14.6 Å². The van der Waals surface area contributed by atoms with Gasteiger partial charge in [-0.3, -0.25) is 4.79 Å². The molecule has 4 nitrogen and oxygen atoms in total. The Balaban J connectivity index is 1.74. The Kier molecular flexibility index (Phi) is 3.68. The molecular formula is C16H17NO3S. The third kappa shape index (κ3) is 3.42. The Labute approximate surface area is 124 Å². The maximum absolute atomic E-state index is 12.3. The largest absolute Gasteiger partial charge is 0.353 e. The Morgan fingerprint density at radius 2 is 1.81 bits per heavy atom. The van der Waals surface area contributed by atoms with Gasteiger partial charge in [0.05, 0.1) is 10.6 Å². The molecule has 1 aliphatic rings. The predicted molar refractivity (Wildman–Crippen MR) is 81.8 cm³/mol. The highest BCUT2D eigenvalue weighted by molar-refractivity contribution is 7.91. The van der Waals surface area contributed by atoms with Gasteiger partial charge in [0, 0.05) is 12.5 Å². The molecule has 21 heavy (non-hydrogen) atoms. The number of rotatable bonds is 5. The Morgan fingerprint density at radius 1 is 1.10 bits per heavy atom. The zero-order valence-corrected chi connectivity index (χ0v) is 12.4. The molecule has 0 radical (unpaired) electrons. The van der Waals surface area contributed by atoms with E-state index in [1.807, 2.05) is 24.3 Å². The van der Waals surface area contributed by atoms with Crippen LogP contribution < -0.4 is 5.32 Å². The SMILES string of the molecule is O=C(CCS(=O)(=O)c1ccc2ccccc2c1)NC1CC1. The van der Waals surface area contributed by atoms with Crippen LogP contribution >= 0.6 is 0 Å². The van der Waals surface area contributed by atoms with Gasteiger partial charge in [0.1, 0.15) is 0 Å². The van der Waals surface area contributed by atoms with E-state index in [9.17, 15) is 13.2 Å². The topological polar surface area (TPSA) is 63.2 Å². The van der Waals surface area contributed by atoms with Crippen molar-refractivity contribution in [3.63, 3.8) is 0 Å². The first-order chi connectivity index (χ1) is 10.0. The molecule has 0 heterocycles. The van der Waals surface area contributed by atoms with Gasteiger partial charge in [0.15, 0.2) is 9.84 Å². The summed E-state index contributed by atoms with van der Waals surface area (Å²) in [5.74, 6) is -0.328. The van der Waals surface area contributed by atoms with E-state index >= 15 is 0 Å². The lowest BCUT2D eigenvalue weighted by atomic mass is 10.1. The van der Waals surface area contributed by atoms with Gasteiger partial charge in [-0.15, -0.1) is 0 Å². The Bertz CT molecular complexity index is 779. The molecule has 5 heteroatoms. The van der Waals surface area contributed by atoms with Crippen LogP contribution in [0.5, 0.6) is 0 Å². The van der Waals surface area contributed by atoms with Crippen molar-refractivity contribution < 1.29 is 13.2 Å². The number of sulfone groups is 1. The van der Waals surface area contributed by atoms with Crippen LogP contribution in [0.1, 0.15) is 19.3 Å². The number of carbonyl (C=O) groups is 1. The summed E-state index contributed by atoms with van der Waals surface area (Å²) in [5, 5.41) is 4.70. The average Bonchev–Trinajstić information content (AvgIpc) is 3.29. The van der Waals surface area contributed by atoms with Crippen LogP contribution in [0, 0.1) is 0 Å². The molecule has 2 aromatic carbocycles. The summed E-state index contributed by atoms with van der Waals surface area (Å²) < 4.78 is 24.6. The molecule has 0 spiro atoms. The minimum absolute atomic E-state index is 0.0195.